The standard InChI is InChI=1S/C19H23N3O3/c1-2-20-19(24)22-18(23)17(15-9-5-3-6-10-15)21-13-14-25-16-11-7-4-8-12-16/h3-12,17,21H,2,13-14H2,1H3,(H2,20,22,23,24)/p+1/t17-/m1/s1. The lowest BCUT2D eigenvalue weighted by Crippen LogP contribution is -2.88. The number of benzene rings is 2. The van der Waals surface area contributed by atoms with E-state index in [1.165, 1.54) is 0 Å². The van der Waals surface area contributed by atoms with Crippen LogP contribution in [0.25, 0.3) is 0 Å². The molecule has 0 spiro atoms. The lowest BCUT2D eigenvalue weighted by atomic mass is 10.1. The van der Waals surface area contributed by atoms with E-state index in [4.69, 9.17) is 4.74 Å². The second kappa shape index (κ2) is 10.1. The zero-order chi connectivity index (χ0) is 17.9. The Morgan fingerprint density at radius 1 is 1.04 bits per heavy atom. The Morgan fingerprint density at radius 3 is 2.32 bits per heavy atom. The molecule has 0 heterocycles. The number of carbonyl (C=O) groups excluding carboxylic acids is 2. The molecule has 132 valence electrons. The van der Waals surface area contributed by atoms with Crippen LogP contribution in [-0.4, -0.2) is 31.6 Å². The molecule has 0 unspecified atom stereocenters. The molecular formula is C19H24N3O3+. The minimum Gasteiger partial charge on any atom is -0.488 e. The lowest BCUT2D eigenvalue weighted by Gasteiger charge is -2.16. The first-order valence-corrected chi connectivity index (χ1v) is 8.35. The molecule has 6 heteroatoms. The van der Waals surface area contributed by atoms with Crippen LogP contribution >= 0.6 is 0 Å². The van der Waals surface area contributed by atoms with Crippen LogP contribution in [-0.2, 0) is 4.79 Å². The number of hydrogen-bond donors (Lipinski definition) is 3. The fourth-order valence-electron chi connectivity index (χ4n) is 2.38. The summed E-state index contributed by atoms with van der Waals surface area (Å²) >= 11 is 0. The Labute approximate surface area is 147 Å². The highest BCUT2D eigenvalue weighted by molar-refractivity contribution is 5.96. The van der Waals surface area contributed by atoms with E-state index in [2.05, 4.69) is 10.6 Å². The molecule has 2 aromatic rings. The lowest BCUT2D eigenvalue weighted by molar-refractivity contribution is -0.683. The molecule has 0 aliphatic heterocycles. The maximum Gasteiger partial charge on any atom is 0.321 e. The van der Waals surface area contributed by atoms with E-state index in [1.807, 2.05) is 66.0 Å². The summed E-state index contributed by atoms with van der Waals surface area (Å²) < 4.78 is 5.65. The summed E-state index contributed by atoms with van der Waals surface area (Å²) in [5.41, 5.74) is 0.837. The molecule has 0 fully saturated rings. The summed E-state index contributed by atoms with van der Waals surface area (Å²) in [7, 11) is 0. The highest BCUT2D eigenvalue weighted by Crippen LogP contribution is 2.09. The maximum absolute atomic E-state index is 12.4. The minimum atomic E-state index is -0.511. The van der Waals surface area contributed by atoms with Crippen LogP contribution in [0, 0.1) is 0 Å². The van der Waals surface area contributed by atoms with Gasteiger partial charge in [-0.1, -0.05) is 48.5 Å². The van der Waals surface area contributed by atoms with Gasteiger partial charge in [0.05, 0.1) is 0 Å². The molecule has 0 aromatic heterocycles. The number of carbonyl (C=O) groups is 2. The number of ether oxygens (including phenoxy) is 1. The van der Waals surface area contributed by atoms with E-state index in [0.717, 1.165) is 11.3 Å². The van der Waals surface area contributed by atoms with Gasteiger partial charge in [-0.3, -0.25) is 10.1 Å². The first-order chi connectivity index (χ1) is 12.2. The fourth-order valence-corrected chi connectivity index (χ4v) is 2.38. The van der Waals surface area contributed by atoms with Crippen LogP contribution < -0.4 is 20.7 Å². The predicted octanol–water partition coefficient (Wildman–Crippen LogP) is 1.22. The molecule has 0 bridgehead atoms. The predicted molar refractivity (Wildman–Crippen MR) is 95.1 cm³/mol. The topological polar surface area (TPSA) is 84.0 Å². The number of quaternary nitrogens is 1. The van der Waals surface area contributed by atoms with Gasteiger partial charge in [0.15, 0.2) is 6.04 Å². The molecule has 6 nitrogen and oxygen atoms in total. The molecule has 0 saturated carbocycles. The summed E-state index contributed by atoms with van der Waals surface area (Å²) in [4.78, 5) is 24.1. The molecule has 0 aliphatic rings. The average Bonchev–Trinajstić information content (AvgIpc) is 2.63. The third-order valence-electron chi connectivity index (χ3n) is 3.55. The van der Waals surface area contributed by atoms with Gasteiger partial charge in [0.2, 0.25) is 0 Å². The number of nitrogens with two attached hydrogens (primary N) is 1. The van der Waals surface area contributed by atoms with E-state index in [1.54, 1.807) is 6.92 Å². The molecule has 0 aliphatic carbocycles. The normalized spacial score (nSPS) is 11.4. The fraction of sp³-hybridized carbons (Fsp3) is 0.263. The van der Waals surface area contributed by atoms with Crippen molar-refractivity contribution in [3.05, 3.63) is 66.2 Å². The van der Waals surface area contributed by atoms with Gasteiger partial charge in [-0.05, 0) is 19.1 Å². The van der Waals surface area contributed by atoms with E-state index < -0.39 is 12.1 Å². The Morgan fingerprint density at radius 2 is 1.68 bits per heavy atom. The van der Waals surface area contributed by atoms with Gasteiger partial charge < -0.3 is 15.4 Å². The Kier molecular flexibility index (Phi) is 7.46. The van der Waals surface area contributed by atoms with Crippen LogP contribution in [0.3, 0.4) is 0 Å². The molecule has 3 amide bonds. The highest BCUT2D eigenvalue weighted by atomic mass is 16.5. The Balaban J connectivity index is 1.92. The van der Waals surface area contributed by atoms with Crippen LogP contribution in [0.1, 0.15) is 18.5 Å². The van der Waals surface area contributed by atoms with Crippen LogP contribution in [0.2, 0.25) is 0 Å². The zero-order valence-electron chi connectivity index (χ0n) is 14.3. The number of hydrogen-bond acceptors (Lipinski definition) is 3. The van der Waals surface area contributed by atoms with Crippen molar-refractivity contribution in [1.82, 2.24) is 10.6 Å². The van der Waals surface area contributed by atoms with Crippen LogP contribution in [0.15, 0.2) is 60.7 Å². The van der Waals surface area contributed by atoms with E-state index in [0.29, 0.717) is 19.7 Å². The third kappa shape index (κ3) is 6.27. The van der Waals surface area contributed by atoms with Crippen molar-refractivity contribution >= 4 is 11.9 Å². The number of para-hydroxylation sites is 1. The molecule has 2 rings (SSSR count). The summed E-state index contributed by atoms with van der Waals surface area (Å²) in [5, 5.41) is 6.81. The number of amides is 3. The van der Waals surface area contributed by atoms with Gasteiger partial charge in [-0.2, -0.15) is 0 Å². The first kappa shape index (κ1) is 18.5. The van der Waals surface area contributed by atoms with Crippen LogP contribution in [0.5, 0.6) is 5.75 Å². The highest BCUT2D eigenvalue weighted by Gasteiger charge is 2.25. The van der Waals surface area contributed by atoms with E-state index in [-0.39, 0.29) is 5.91 Å². The summed E-state index contributed by atoms with van der Waals surface area (Å²) in [6.45, 7) is 3.30. The monoisotopic (exact) mass is 342 g/mol. The van der Waals surface area contributed by atoms with Crippen molar-refractivity contribution in [2.45, 2.75) is 13.0 Å². The number of nitrogens with one attached hydrogen (secondary N) is 2. The van der Waals surface area contributed by atoms with Gasteiger partial charge in [-0.15, -0.1) is 0 Å². The minimum absolute atomic E-state index is 0.350. The zero-order valence-corrected chi connectivity index (χ0v) is 14.3. The third-order valence-corrected chi connectivity index (χ3v) is 3.55. The molecule has 25 heavy (non-hydrogen) atoms. The van der Waals surface area contributed by atoms with E-state index in [9.17, 15) is 9.59 Å². The Bertz CT molecular complexity index is 662. The number of imide groups is 1. The molecule has 0 radical (unpaired) electrons. The molecule has 2 aromatic carbocycles. The molecular weight excluding hydrogens is 318 g/mol. The van der Waals surface area contributed by atoms with Gasteiger partial charge in [0, 0.05) is 12.1 Å². The SMILES string of the molecule is CCNC(=O)NC(=O)[C@H]([NH2+]CCOc1ccccc1)c1ccccc1. The van der Waals surface area contributed by atoms with Crippen molar-refractivity contribution in [3.63, 3.8) is 0 Å². The molecule has 4 N–H and O–H groups in total. The maximum atomic E-state index is 12.4. The summed E-state index contributed by atoms with van der Waals surface area (Å²) in [6, 6.07) is 17.9. The van der Waals surface area contributed by atoms with Crippen molar-refractivity contribution in [2.24, 2.45) is 0 Å². The van der Waals surface area contributed by atoms with Crippen molar-refractivity contribution in [3.8, 4) is 5.75 Å². The molecule has 0 saturated heterocycles. The average molecular weight is 342 g/mol. The van der Waals surface area contributed by atoms with Crippen molar-refractivity contribution in [1.29, 1.82) is 0 Å². The second-order valence-electron chi connectivity index (χ2n) is 5.42. The Hall–Kier alpha value is -2.86. The summed E-state index contributed by atoms with van der Waals surface area (Å²) in [5.74, 6) is 0.441. The van der Waals surface area contributed by atoms with Gasteiger partial charge in [0.25, 0.3) is 5.91 Å². The number of rotatable bonds is 8. The first-order valence-electron chi connectivity index (χ1n) is 8.35. The number of urea groups is 1. The smallest absolute Gasteiger partial charge is 0.321 e. The van der Waals surface area contributed by atoms with Crippen LogP contribution in [0.4, 0.5) is 4.79 Å². The van der Waals surface area contributed by atoms with Gasteiger partial charge in [0.1, 0.15) is 18.9 Å². The van der Waals surface area contributed by atoms with Crippen molar-refractivity contribution < 1.29 is 19.6 Å². The quantitative estimate of drug-likeness (QED) is 0.631. The van der Waals surface area contributed by atoms with Crippen molar-refractivity contribution in [2.75, 3.05) is 19.7 Å². The second-order valence-corrected chi connectivity index (χ2v) is 5.42. The van der Waals surface area contributed by atoms with Gasteiger partial charge in [-0.25, -0.2) is 4.79 Å². The largest absolute Gasteiger partial charge is 0.488 e. The van der Waals surface area contributed by atoms with E-state index >= 15 is 0 Å². The summed E-state index contributed by atoms with van der Waals surface area (Å²) in [6.07, 6.45) is 0. The molecule has 1 atom stereocenters. The van der Waals surface area contributed by atoms with Gasteiger partial charge >= 0.3 is 6.03 Å².